The normalized spacial score (nSPS) is 15.9. The van der Waals surface area contributed by atoms with Crippen molar-refractivity contribution in [3.8, 4) is 28.5 Å². The van der Waals surface area contributed by atoms with Gasteiger partial charge in [-0.1, -0.05) is 6.07 Å². The summed E-state index contributed by atoms with van der Waals surface area (Å²) in [4.78, 5) is 20.3. The summed E-state index contributed by atoms with van der Waals surface area (Å²) in [6.07, 6.45) is -0.642. The van der Waals surface area contributed by atoms with E-state index in [0.717, 1.165) is 38.3 Å². The van der Waals surface area contributed by atoms with Crippen LogP contribution in [0, 0.1) is 11.6 Å². The zero-order valence-electron chi connectivity index (χ0n) is 18.7. The maximum atomic E-state index is 14.2. The van der Waals surface area contributed by atoms with Gasteiger partial charge < -0.3 is 24.9 Å². The summed E-state index contributed by atoms with van der Waals surface area (Å²) in [5, 5.41) is 10.3. The van der Waals surface area contributed by atoms with Gasteiger partial charge in [-0.3, -0.25) is 9.69 Å². The molecule has 1 aromatic heterocycles. The molecule has 1 aliphatic heterocycles. The van der Waals surface area contributed by atoms with E-state index < -0.39 is 29.2 Å². The highest BCUT2D eigenvalue weighted by Gasteiger charge is 2.24. The van der Waals surface area contributed by atoms with Crippen LogP contribution in [-0.2, 0) is 0 Å². The minimum Gasteiger partial charge on any atom is -0.491 e. The first-order chi connectivity index (χ1) is 16.3. The number of hydrogen-bond donors (Lipinski definition) is 2. The fourth-order valence-corrected chi connectivity index (χ4v) is 3.77. The minimum absolute atomic E-state index is 0.00759. The van der Waals surface area contributed by atoms with Gasteiger partial charge in [0, 0.05) is 38.3 Å². The monoisotopic (exact) mass is 472 g/mol. The molecule has 0 radical (unpaired) electrons. The zero-order valence-corrected chi connectivity index (χ0v) is 18.7. The van der Waals surface area contributed by atoms with Gasteiger partial charge in [0.15, 0.2) is 11.5 Å². The number of nitrogens with two attached hydrogens (primary N) is 1. The molecule has 0 saturated carbocycles. The van der Waals surface area contributed by atoms with Gasteiger partial charge in [0.2, 0.25) is 5.89 Å². The topological polar surface area (TPSA) is 105 Å². The molecule has 1 amide bonds. The average molecular weight is 472 g/mol. The molecule has 1 saturated heterocycles. The van der Waals surface area contributed by atoms with Gasteiger partial charge in [0.25, 0.3) is 5.91 Å². The van der Waals surface area contributed by atoms with E-state index in [1.54, 1.807) is 24.3 Å². The number of carbonyl (C=O) groups is 1. The lowest BCUT2D eigenvalue weighted by Gasteiger charge is -2.33. The first-order valence-electron chi connectivity index (χ1n) is 10.9. The largest absolute Gasteiger partial charge is 0.491 e. The first kappa shape index (κ1) is 23.8. The van der Waals surface area contributed by atoms with Crippen LogP contribution in [0.15, 0.2) is 46.9 Å². The van der Waals surface area contributed by atoms with Gasteiger partial charge in [-0.15, -0.1) is 0 Å². The fraction of sp³-hybridized carbons (Fsp3) is 0.333. The third-order valence-electron chi connectivity index (χ3n) is 5.66. The smallest absolute Gasteiger partial charge is 0.271 e. The van der Waals surface area contributed by atoms with Gasteiger partial charge in [-0.05, 0) is 43.4 Å². The average Bonchev–Trinajstić information content (AvgIpc) is 3.25. The number of ether oxygens (including phenoxy) is 1. The van der Waals surface area contributed by atoms with E-state index in [1.165, 1.54) is 6.07 Å². The molecular weight excluding hydrogens is 446 g/mol. The molecule has 2 aromatic carbocycles. The predicted molar refractivity (Wildman–Crippen MR) is 121 cm³/mol. The summed E-state index contributed by atoms with van der Waals surface area (Å²) in [7, 11) is 2.07. The molecule has 2 heterocycles. The standard InChI is InChI=1S/C24H26F2N4O4/c1-29-9-11-30(12-10-29)13-16(31)14-33-17-7-5-15(6-8-17)22-21(23(27)32)28-24(34-22)20-18(25)3-2-4-19(20)26/h2-8,16,31H,9-14H2,1H3,(H2,27,32). The van der Waals surface area contributed by atoms with Gasteiger partial charge >= 0.3 is 0 Å². The summed E-state index contributed by atoms with van der Waals surface area (Å²) < 4.78 is 39.5. The van der Waals surface area contributed by atoms with Crippen LogP contribution in [0.5, 0.6) is 5.75 Å². The highest BCUT2D eigenvalue weighted by Crippen LogP contribution is 2.33. The van der Waals surface area contributed by atoms with Crippen molar-refractivity contribution in [2.75, 3.05) is 46.4 Å². The Balaban J connectivity index is 1.45. The molecule has 34 heavy (non-hydrogen) atoms. The number of likely N-dealkylation sites (N-methyl/N-ethyl adjacent to an activating group) is 1. The third kappa shape index (κ3) is 5.41. The Morgan fingerprint density at radius 2 is 1.79 bits per heavy atom. The molecular formula is C24H26F2N4O4. The number of piperazine rings is 1. The van der Waals surface area contributed by atoms with Crippen LogP contribution in [0.3, 0.4) is 0 Å². The quantitative estimate of drug-likeness (QED) is 0.519. The molecule has 3 N–H and O–H groups in total. The second-order valence-corrected chi connectivity index (χ2v) is 8.25. The number of carbonyl (C=O) groups excluding carboxylic acids is 1. The van der Waals surface area contributed by atoms with E-state index >= 15 is 0 Å². The van der Waals surface area contributed by atoms with E-state index in [-0.39, 0.29) is 24.0 Å². The molecule has 10 heteroatoms. The molecule has 4 rings (SSSR count). The Bertz CT molecular complexity index is 1120. The van der Waals surface area contributed by atoms with Crippen molar-refractivity contribution in [2.24, 2.45) is 5.73 Å². The van der Waals surface area contributed by atoms with Crippen molar-refractivity contribution in [2.45, 2.75) is 6.10 Å². The van der Waals surface area contributed by atoms with Crippen molar-refractivity contribution < 1.29 is 27.8 Å². The lowest BCUT2D eigenvalue weighted by molar-refractivity contribution is 0.0505. The number of aromatic nitrogens is 1. The Morgan fingerprint density at radius 3 is 2.41 bits per heavy atom. The minimum atomic E-state index is -0.894. The lowest BCUT2D eigenvalue weighted by atomic mass is 10.1. The fourth-order valence-electron chi connectivity index (χ4n) is 3.77. The predicted octanol–water partition coefficient (Wildman–Crippen LogP) is 2.37. The van der Waals surface area contributed by atoms with Crippen LogP contribution in [-0.4, -0.2) is 78.3 Å². The summed E-state index contributed by atoms with van der Waals surface area (Å²) in [6.45, 7) is 4.39. The second kappa shape index (κ2) is 10.3. The Labute approximate surface area is 195 Å². The van der Waals surface area contributed by atoms with Crippen LogP contribution >= 0.6 is 0 Å². The number of benzene rings is 2. The molecule has 180 valence electrons. The van der Waals surface area contributed by atoms with E-state index in [4.69, 9.17) is 14.9 Å². The van der Waals surface area contributed by atoms with Crippen LogP contribution in [0.25, 0.3) is 22.8 Å². The van der Waals surface area contributed by atoms with Crippen LogP contribution in [0.2, 0.25) is 0 Å². The SMILES string of the molecule is CN1CCN(CC(O)COc2ccc(-c3oc(-c4c(F)cccc4F)nc3C(N)=O)cc2)CC1. The zero-order chi connectivity index (χ0) is 24.2. The number of rotatable bonds is 8. The third-order valence-corrected chi connectivity index (χ3v) is 5.66. The number of oxazole rings is 1. The van der Waals surface area contributed by atoms with E-state index in [9.17, 15) is 18.7 Å². The molecule has 1 fully saturated rings. The lowest BCUT2D eigenvalue weighted by Crippen LogP contribution is -2.47. The number of halogens is 2. The summed E-state index contributed by atoms with van der Waals surface area (Å²) in [6, 6.07) is 9.83. The van der Waals surface area contributed by atoms with E-state index in [2.05, 4.69) is 21.8 Å². The first-order valence-corrected chi connectivity index (χ1v) is 10.9. The Morgan fingerprint density at radius 1 is 1.15 bits per heavy atom. The van der Waals surface area contributed by atoms with Crippen molar-refractivity contribution in [1.82, 2.24) is 14.8 Å². The molecule has 1 atom stereocenters. The summed E-state index contributed by atoms with van der Waals surface area (Å²) in [5.41, 5.74) is 5.11. The highest BCUT2D eigenvalue weighted by atomic mass is 19.1. The van der Waals surface area contributed by atoms with Gasteiger partial charge in [0.1, 0.15) is 35.7 Å². The molecule has 0 bridgehead atoms. The van der Waals surface area contributed by atoms with Gasteiger partial charge in [-0.25, -0.2) is 13.8 Å². The molecule has 0 aliphatic carbocycles. The molecule has 3 aromatic rings. The Kier molecular flexibility index (Phi) is 7.20. The summed E-state index contributed by atoms with van der Waals surface area (Å²) >= 11 is 0. The maximum absolute atomic E-state index is 14.2. The number of hydrogen-bond acceptors (Lipinski definition) is 7. The van der Waals surface area contributed by atoms with Crippen molar-refractivity contribution in [3.63, 3.8) is 0 Å². The van der Waals surface area contributed by atoms with Crippen molar-refractivity contribution in [3.05, 3.63) is 59.8 Å². The number of aliphatic hydroxyl groups excluding tert-OH is 1. The molecule has 1 unspecified atom stereocenters. The highest BCUT2D eigenvalue weighted by molar-refractivity contribution is 5.97. The Hall–Kier alpha value is -3.34. The van der Waals surface area contributed by atoms with Crippen LogP contribution < -0.4 is 10.5 Å². The summed E-state index contributed by atoms with van der Waals surface area (Å²) in [5.74, 6) is -2.53. The van der Waals surface area contributed by atoms with Crippen molar-refractivity contribution in [1.29, 1.82) is 0 Å². The van der Waals surface area contributed by atoms with Crippen LogP contribution in [0.4, 0.5) is 8.78 Å². The van der Waals surface area contributed by atoms with Crippen LogP contribution in [0.1, 0.15) is 10.5 Å². The maximum Gasteiger partial charge on any atom is 0.271 e. The molecule has 8 nitrogen and oxygen atoms in total. The van der Waals surface area contributed by atoms with E-state index in [0.29, 0.717) is 17.9 Å². The van der Waals surface area contributed by atoms with Gasteiger partial charge in [0.05, 0.1) is 0 Å². The number of nitrogens with zero attached hydrogens (tertiary/aromatic N) is 3. The molecule has 1 aliphatic rings. The number of β-amino-alcohol motifs (C(OH)–C–C–N with tert-alkyl or cyclic N) is 1. The number of amides is 1. The number of aliphatic hydroxyl groups is 1. The molecule has 0 spiro atoms. The number of primary amides is 1. The second-order valence-electron chi connectivity index (χ2n) is 8.25. The van der Waals surface area contributed by atoms with E-state index in [1.807, 2.05) is 0 Å². The van der Waals surface area contributed by atoms with Gasteiger partial charge in [-0.2, -0.15) is 0 Å². The van der Waals surface area contributed by atoms with Crippen molar-refractivity contribution >= 4 is 5.91 Å².